The molecule has 1 saturated heterocycles. The molecule has 1 aromatic heterocycles. The minimum atomic E-state index is -4.41. The van der Waals surface area contributed by atoms with Gasteiger partial charge in [-0.2, -0.15) is 13.2 Å². The van der Waals surface area contributed by atoms with Gasteiger partial charge in [0.05, 0.1) is 40.9 Å². The molecule has 4 rings (SSSR count). The standard InChI is InChI=1S/C25H28F3N3O5S/c1-2-37(34,35)18-7-4-16(5-8-18)21(13-32)31-20-9-6-17(24(29)33)12-19(20)30-23(31)11-15-3-10-22(36-14-15)25(26,27)28/h4-9,12,15,21-22,32H,2-3,10-11,13-14H2,1H3,(H2,29,33)/t15-,21+,22-/m1/s1. The zero-order chi connectivity index (χ0) is 27.0. The first-order valence-electron chi connectivity index (χ1n) is 11.9. The van der Waals surface area contributed by atoms with Gasteiger partial charge in [0.1, 0.15) is 5.82 Å². The Morgan fingerprint density at radius 3 is 2.46 bits per heavy atom. The summed E-state index contributed by atoms with van der Waals surface area (Å²) in [6.45, 7) is 1.11. The number of carbonyl (C=O) groups is 1. The number of aliphatic hydroxyl groups excluding tert-OH is 1. The van der Waals surface area contributed by atoms with Gasteiger partial charge >= 0.3 is 6.18 Å². The molecule has 0 aliphatic carbocycles. The SMILES string of the molecule is CCS(=O)(=O)c1ccc([C@H](CO)n2c(C[C@H]3CC[C@H](C(F)(F)F)OC3)nc3cc(C(N)=O)ccc32)cc1. The van der Waals surface area contributed by atoms with Crippen molar-refractivity contribution in [1.29, 1.82) is 0 Å². The van der Waals surface area contributed by atoms with E-state index >= 15 is 0 Å². The van der Waals surface area contributed by atoms with Gasteiger partial charge in [-0.15, -0.1) is 0 Å². The number of aromatic nitrogens is 2. The molecule has 2 aromatic carbocycles. The van der Waals surface area contributed by atoms with Crippen LogP contribution in [0.15, 0.2) is 47.4 Å². The predicted molar refractivity (Wildman–Crippen MR) is 130 cm³/mol. The second kappa shape index (κ2) is 10.4. The molecule has 0 saturated carbocycles. The number of nitrogens with two attached hydrogens (primary N) is 1. The van der Waals surface area contributed by atoms with Crippen LogP contribution in [0.2, 0.25) is 0 Å². The maximum atomic E-state index is 13.0. The minimum absolute atomic E-state index is 0.0487. The zero-order valence-electron chi connectivity index (χ0n) is 20.1. The van der Waals surface area contributed by atoms with Crippen molar-refractivity contribution in [3.05, 3.63) is 59.4 Å². The van der Waals surface area contributed by atoms with Crippen LogP contribution in [-0.4, -0.2) is 60.2 Å². The lowest BCUT2D eigenvalue weighted by Gasteiger charge is -2.30. The van der Waals surface area contributed by atoms with Crippen molar-refractivity contribution in [2.45, 2.75) is 49.4 Å². The normalized spacial score (nSPS) is 19.7. The predicted octanol–water partition coefficient (Wildman–Crippen LogP) is 3.41. The maximum Gasteiger partial charge on any atom is 0.414 e. The third-order valence-corrected chi connectivity index (χ3v) is 8.49. The minimum Gasteiger partial charge on any atom is -0.394 e. The summed E-state index contributed by atoms with van der Waals surface area (Å²) >= 11 is 0. The summed E-state index contributed by atoms with van der Waals surface area (Å²) in [5, 5.41) is 10.4. The molecule has 12 heteroatoms. The number of benzene rings is 2. The Bertz CT molecular complexity index is 1380. The molecule has 1 aliphatic rings. The number of hydrogen-bond donors (Lipinski definition) is 2. The number of hydrogen-bond acceptors (Lipinski definition) is 6. The first-order valence-corrected chi connectivity index (χ1v) is 13.5. The molecule has 3 N–H and O–H groups in total. The van der Waals surface area contributed by atoms with E-state index in [4.69, 9.17) is 10.5 Å². The van der Waals surface area contributed by atoms with Gasteiger partial charge in [-0.05, 0) is 54.7 Å². The molecule has 37 heavy (non-hydrogen) atoms. The van der Waals surface area contributed by atoms with Gasteiger partial charge in [-0.1, -0.05) is 19.1 Å². The van der Waals surface area contributed by atoms with E-state index in [1.165, 1.54) is 24.3 Å². The topological polar surface area (TPSA) is 125 Å². The molecule has 0 spiro atoms. The number of sulfone groups is 1. The highest BCUT2D eigenvalue weighted by Crippen LogP contribution is 2.34. The number of nitrogens with zero attached hydrogens (tertiary/aromatic N) is 2. The van der Waals surface area contributed by atoms with E-state index in [0.29, 0.717) is 22.4 Å². The molecule has 3 atom stereocenters. The fraction of sp³-hybridized carbons (Fsp3) is 0.440. The Kier molecular flexibility index (Phi) is 7.63. The van der Waals surface area contributed by atoms with Crippen LogP contribution < -0.4 is 5.73 Å². The fourth-order valence-corrected chi connectivity index (χ4v) is 5.56. The van der Waals surface area contributed by atoms with Crippen LogP contribution >= 0.6 is 0 Å². The lowest BCUT2D eigenvalue weighted by Crippen LogP contribution is -2.38. The lowest BCUT2D eigenvalue weighted by atomic mass is 9.94. The number of alkyl halides is 3. The van der Waals surface area contributed by atoms with Gasteiger partial charge in [0.25, 0.3) is 0 Å². The molecule has 1 aliphatic heterocycles. The average Bonchev–Trinajstić information content (AvgIpc) is 3.21. The van der Waals surface area contributed by atoms with Crippen LogP contribution in [0.25, 0.3) is 11.0 Å². The van der Waals surface area contributed by atoms with E-state index in [1.54, 1.807) is 29.7 Å². The van der Waals surface area contributed by atoms with Crippen molar-refractivity contribution in [3.63, 3.8) is 0 Å². The molecule has 3 aromatic rings. The highest BCUT2D eigenvalue weighted by Gasteiger charge is 2.43. The summed E-state index contributed by atoms with van der Waals surface area (Å²) in [6.07, 6.45) is -5.79. The van der Waals surface area contributed by atoms with Crippen LogP contribution in [0.5, 0.6) is 0 Å². The van der Waals surface area contributed by atoms with Gasteiger partial charge in [0.2, 0.25) is 5.91 Å². The molecule has 1 fully saturated rings. The Balaban J connectivity index is 1.72. The average molecular weight is 540 g/mol. The fourth-order valence-electron chi connectivity index (χ4n) is 4.68. The molecule has 2 heterocycles. The Morgan fingerprint density at radius 2 is 1.92 bits per heavy atom. The molecular weight excluding hydrogens is 511 g/mol. The number of ether oxygens (including phenoxy) is 1. The largest absolute Gasteiger partial charge is 0.414 e. The van der Waals surface area contributed by atoms with Crippen LogP contribution in [0, 0.1) is 5.92 Å². The Hall–Kier alpha value is -2.96. The molecule has 200 valence electrons. The Labute approximate surface area is 212 Å². The van der Waals surface area contributed by atoms with Crippen LogP contribution in [0.3, 0.4) is 0 Å². The summed E-state index contributed by atoms with van der Waals surface area (Å²) in [6, 6.07) is 10.3. The van der Waals surface area contributed by atoms with Gasteiger partial charge in [-0.3, -0.25) is 4.79 Å². The zero-order valence-corrected chi connectivity index (χ0v) is 20.9. The number of fused-ring (bicyclic) bond motifs is 1. The van der Waals surface area contributed by atoms with E-state index in [9.17, 15) is 31.5 Å². The number of rotatable bonds is 8. The second-order valence-electron chi connectivity index (χ2n) is 9.15. The van der Waals surface area contributed by atoms with Crippen molar-refractivity contribution in [2.24, 2.45) is 11.7 Å². The second-order valence-corrected chi connectivity index (χ2v) is 11.4. The van der Waals surface area contributed by atoms with E-state index in [-0.39, 0.29) is 54.6 Å². The van der Waals surface area contributed by atoms with E-state index in [2.05, 4.69) is 4.98 Å². The van der Waals surface area contributed by atoms with E-state index < -0.39 is 34.1 Å². The third kappa shape index (κ3) is 5.65. The van der Waals surface area contributed by atoms with Crippen molar-refractivity contribution in [3.8, 4) is 0 Å². The number of primary amides is 1. The lowest BCUT2D eigenvalue weighted by molar-refractivity contribution is -0.235. The number of aliphatic hydroxyl groups is 1. The van der Waals surface area contributed by atoms with Crippen molar-refractivity contribution in [1.82, 2.24) is 9.55 Å². The summed E-state index contributed by atoms with van der Waals surface area (Å²) < 4.78 is 70.4. The maximum absolute atomic E-state index is 13.0. The summed E-state index contributed by atoms with van der Waals surface area (Å²) in [4.78, 5) is 16.5. The number of imidazole rings is 1. The summed E-state index contributed by atoms with van der Waals surface area (Å²) in [7, 11) is -3.41. The molecule has 0 unspecified atom stereocenters. The van der Waals surface area contributed by atoms with Crippen molar-refractivity contribution < 1.29 is 36.2 Å². The highest BCUT2D eigenvalue weighted by molar-refractivity contribution is 7.91. The van der Waals surface area contributed by atoms with Crippen LogP contribution in [-0.2, 0) is 21.0 Å². The van der Waals surface area contributed by atoms with E-state index in [0.717, 1.165) is 0 Å². The van der Waals surface area contributed by atoms with Crippen molar-refractivity contribution >= 4 is 26.8 Å². The van der Waals surface area contributed by atoms with Crippen molar-refractivity contribution in [2.75, 3.05) is 19.0 Å². The first kappa shape index (κ1) is 27.1. The molecule has 0 radical (unpaired) electrons. The quantitative estimate of drug-likeness (QED) is 0.452. The molecular formula is C25H28F3N3O5S. The Morgan fingerprint density at radius 1 is 1.22 bits per heavy atom. The van der Waals surface area contributed by atoms with Gasteiger partial charge in [0, 0.05) is 12.0 Å². The van der Waals surface area contributed by atoms with Gasteiger partial charge in [0.15, 0.2) is 15.9 Å². The van der Waals surface area contributed by atoms with E-state index in [1.807, 2.05) is 0 Å². The number of amides is 1. The third-order valence-electron chi connectivity index (χ3n) is 6.74. The monoisotopic (exact) mass is 539 g/mol. The molecule has 1 amide bonds. The van der Waals surface area contributed by atoms with Gasteiger partial charge in [-0.25, -0.2) is 13.4 Å². The summed E-state index contributed by atoms with van der Waals surface area (Å²) in [5.41, 5.74) is 7.31. The summed E-state index contributed by atoms with van der Waals surface area (Å²) in [5.74, 6) is -0.420. The highest BCUT2D eigenvalue weighted by atomic mass is 32.2. The molecule has 8 nitrogen and oxygen atoms in total. The number of carbonyl (C=O) groups excluding carboxylic acids is 1. The molecule has 0 bridgehead atoms. The smallest absolute Gasteiger partial charge is 0.394 e. The first-order chi connectivity index (χ1) is 17.4. The van der Waals surface area contributed by atoms with Crippen LogP contribution in [0.4, 0.5) is 13.2 Å². The number of halogens is 3. The van der Waals surface area contributed by atoms with Crippen LogP contribution in [0.1, 0.15) is 47.6 Å². The van der Waals surface area contributed by atoms with Gasteiger partial charge < -0.3 is 20.1 Å².